The summed E-state index contributed by atoms with van der Waals surface area (Å²) in [6.45, 7) is 9.39. The average Bonchev–Trinajstić information content (AvgIpc) is 3.21. The van der Waals surface area contributed by atoms with Crippen molar-refractivity contribution in [3.63, 3.8) is 0 Å². The number of piperazine rings is 1. The Hall–Kier alpha value is -2.77. The highest BCUT2D eigenvalue weighted by Crippen LogP contribution is 2.35. The van der Waals surface area contributed by atoms with Gasteiger partial charge >= 0.3 is 6.03 Å². The Bertz CT molecular complexity index is 917. The highest BCUT2D eigenvalue weighted by molar-refractivity contribution is 6.11. The molecule has 0 aliphatic carbocycles. The lowest BCUT2D eigenvalue weighted by atomic mass is 9.96. The fraction of sp³-hybridized carbons (Fsp3) is 0.679. The third-order valence-corrected chi connectivity index (χ3v) is 6.81. The Morgan fingerprint density at radius 3 is 2.50 bits per heavy atom. The van der Waals surface area contributed by atoms with Gasteiger partial charge in [-0.05, 0) is 38.8 Å². The lowest BCUT2D eigenvalue weighted by molar-refractivity contribution is -0.123. The van der Waals surface area contributed by atoms with Crippen LogP contribution < -0.4 is 14.8 Å². The van der Waals surface area contributed by atoms with E-state index in [1.807, 2.05) is 36.9 Å². The fourth-order valence-electron chi connectivity index (χ4n) is 4.97. The molecule has 0 bridgehead atoms. The lowest BCUT2D eigenvalue weighted by Crippen LogP contribution is -2.57. The van der Waals surface area contributed by atoms with E-state index in [0.717, 1.165) is 56.9 Å². The van der Waals surface area contributed by atoms with Crippen LogP contribution in [0.25, 0.3) is 0 Å². The van der Waals surface area contributed by atoms with E-state index in [9.17, 15) is 9.59 Å². The summed E-state index contributed by atoms with van der Waals surface area (Å²) in [7, 11) is 1.63. The molecule has 0 aromatic heterocycles. The van der Waals surface area contributed by atoms with Crippen LogP contribution in [0.2, 0.25) is 0 Å². The minimum Gasteiger partial charge on any atom is -0.497 e. The zero-order chi connectivity index (χ0) is 26.1. The zero-order valence-corrected chi connectivity index (χ0v) is 22.7. The lowest BCUT2D eigenvalue weighted by Gasteiger charge is -2.35. The first-order chi connectivity index (χ1) is 17.4. The van der Waals surface area contributed by atoms with Gasteiger partial charge in [-0.1, -0.05) is 52.4 Å². The second-order valence-electron chi connectivity index (χ2n) is 10.0. The third kappa shape index (κ3) is 6.92. The van der Waals surface area contributed by atoms with Crippen molar-refractivity contribution in [3.8, 4) is 11.5 Å². The van der Waals surface area contributed by atoms with Gasteiger partial charge in [-0.3, -0.25) is 14.7 Å². The van der Waals surface area contributed by atoms with Crippen LogP contribution in [0.3, 0.4) is 0 Å². The van der Waals surface area contributed by atoms with Crippen molar-refractivity contribution in [2.45, 2.75) is 97.2 Å². The van der Waals surface area contributed by atoms with Gasteiger partial charge in [-0.2, -0.15) is 0 Å². The van der Waals surface area contributed by atoms with Crippen molar-refractivity contribution in [1.29, 1.82) is 0 Å². The van der Waals surface area contributed by atoms with Crippen molar-refractivity contribution in [2.75, 3.05) is 26.7 Å². The van der Waals surface area contributed by atoms with Crippen LogP contribution in [-0.2, 0) is 4.79 Å². The van der Waals surface area contributed by atoms with Gasteiger partial charge in [0.25, 0.3) is 0 Å². The second kappa shape index (κ2) is 13.5. The normalized spacial score (nSPS) is 19.9. The molecule has 1 aromatic rings. The van der Waals surface area contributed by atoms with Crippen molar-refractivity contribution in [1.82, 2.24) is 15.1 Å². The molecule has 2 aliphatic heterocycles. The monoisotopic (exact) mass is 500 g/mol. The number of carbonyl (C=O) groups excluding carboxylic acids is 2. The number of nitrogens with zero attached hydrogens (tertiary/aromatic N) is 3. The summed E-state index contributed by atoms with van der Waals surface area (Å²) in [5.74, 6) is 1.87. The summed E-state index contributed by atoms with van der Waals surface area (Å²) in [4.78, 5) is 34.9. The van der Waals surface area contributed by atoms with Crippen LogP contribution >= 0.6 is 0 Å². The third-order valence-electron chi connectivity index (χ3n) is 6.81. The zero-order valence-electron chi connectivity index (χ0n) is 22.7. The molecular formula is C28H44N4O4. The second-order valence-corrected chi connectivity index (χ2v) is 10.0. The van der Waals surface area contributed by atoms with Crippen molar-refractivity contribution >= 4 is 17.8 Å². The SMILES string of the molecule is CCCCCC1N=C(c2ccc(OC)cc2OC(C)C)N(C(=O)N2CCNC(=O)C2)C1CCCCC. The number of ether oxygens (including phenoxy) is 2. The maximum absolute atomic E-state index is 14.0. The van der Waals surface area contributed by atoms with E-state index in [0.29, 0.717) is 30.4 Å². The molecule has 0 radical (unpaired) electrons. The van der Waals surface area contributed by atoms with E-state index in [1.165, 1.54) is 0 Å². The molecule has 36 heavy (non-hydrogen) atoms. The van der Waals surface area contributed by atoms with E-state index >= 15 is 0 Å². The van der Waals surface area contributed by atoms with Crippen LogP contribution in [0.15, 0.2) is 23.2 Å². The number of carbonyl (C=O) groups is 2. The molecule has 2 atom stereocenters. The molecule has 1 aromatic carbocycles. The Morgan fingerprint density at radius 2 is 1.86 bits per heavy atom. The average molecular weight is 501 g/mol. The van der Waals surface area contributed by atoms with Gasteiger partial charge in [-0.15, -0.1) is 0 Å². The van der Waals surface area contributed by atoms with E-state index < -0.39 is 0 Å². The van der Waals surface area contributed by atoms with Crippen LogP contribution in [-0.4, -0.2) is 72.5 Å². The summed E-state index contributed by atoms with van der Waals surface area (Å²) < 4.78 is 11.6. The molecule has 3 amide bonds. The maximum Gasteiger partial charge on any atom is 0.326 e. The number of methoxy groups -OCH3 is 1. The molecule has 8 nitrogen and oxygen atoms in total. The van der Waals surface area contributed by atoms with Crippen LogP contribution in [0.1, 0.15) is 84.6 Å². The molecule has 1 fully saturated rings. The minimum absolute atomic E-state index is 0.0278. The van der Waals surface area contributed by atoms with Gasteiger partial charge in [0.15, 0.2) is 0 Å². The van der Waals surface area contributed by atoms with Crippen molar-refractivity contribution in [2.24, 2.45) is 4.99 Å². The molecule has 2 unspecified atom stereocenters. The standard InChI is InChI=1S/C28H44N4O4/c1-6-8-10-12-23-24(13-11-9-7-2)32(28(34)31-17-16-29-26(33)19-31)27(30-23)22-15-14-21(35-5)18-25(22)36-20(3)4/h14-15,18,20,23-24H,6-13,16-17,19H2,1-5H3,(H,29,33). The Labute approximate surface area is 216 Å². The molecule has 0 saturated carbocycles. The van der Waals surface area contributed by atoms with E-state index in [1.54, 1.807) is 12.0 Å². The first-order valence-electron chi connectivity index (χ1n) is 13.7. The van der Waals surface area contributed by atoms with E-state index in [-0.39, 0.29) is 36.7 Å². The van der Waals surface area contributed by atoms with Crippen LogP contribution in [0.4, 0.5) is 4.79 Å². The molecule has 2 aliphatic rings. The van der Waals surface area contributed by atoms with Crippen molar-refractivity contribution in [3.05, 3.63) is 23.8 Å². The number of amides is 3. The summed E-state index contributed by atoms with van der Waals surface area (Å²) in [5, 5.41) is 2.82. The van der Waals surface area contributed by atoms with Crippen molar-refractivity contribution < 1.29 is 19.1 Å². The molecule has 8 heteroatoms. The van der Waals surface area contributed by atoms with Gasteiger partial charge in [0, 0.05) is 19.2 Å². The number of nitrogens with one attached hydrogen (secondary N) is 1. The number of aliphatic imine (C=N–C) groups is 1. The predicted octanol–water partition coefficient (Wildman–Crippen LogP) is 4.99. The highest BCUT2D eigenvalue weighted by Gasteiger charge is 2.43. The Morgan fingerprint density at radius 1 is 1.14 bits per heavy atom. The van der Waals surface area contributed by atoms with Gasteiger partial charge in [0.2, 0.25) is 5.91 Å². The summed E-state index contributed by atoms with van der Waals surface area (Å²) in [5.41, 5.74) is 0.790. The topological polar surface area (TPSA) is 83.5 Å². The highest BCUT2D eigenvalue weighted by atomic mass is 16.5. The number of urea groups is 1. The summed E-state index contributed by atoms with van der Waals surface area (Å²) in [6, 6.07) is 5.55. The van der Waals surface area contributed by atoms with Gasteiger partial charge in [-0.25, -0.2) is 4.79 Å². The number of hydrogen-bond donors (Lipinski definition) is 1. The fourth-order valence-corrected chi connectivity index (χ4v) is 4.97. The number of amidine groups is 1. The van der Waals surface area contributed by atoms with E-state index in [2.05, 4.69) is 19.2 Å². The minimum atomic E-state index is -0.144. The van der Waals surface area contributed by atoms with Crippen LogP contribution in [0, 0.1) is 0 Å². The molecule has 1 saturated heterocycles. The predicted molar refractivity (Wildman–Crippen MR) is 143 cm³/mol. The first kappa shape index (κ1) is 27.8. The van der Waals surface area contributed by atoms with Gasteiger partial charge < -0.3 is 19.7 Å². The quantitative estimate of drug-likeness (QED) is 0.410. The van der Waals surface area contributed by atoms with E-state index in [4.69, 9.17) is 14.5 Å². The smallest absolute Gasteiger partial charge is 0.326 e. The summed E-state index contributed by atoms with van der Waals surface area (Å²) >= 11 is 0. The summed E-state index contributed by atoms with van der Waals surface area (Å²) in [6.07, 6.45) is 8.42. The maximum atomic E-state index is 14.0. The number of benzene rings is 1. The Balaban J connectivity index is 2.04. The molecule has 2 heterocycles. The molecule has 3 rings (SSSR count). The van der Waals surface area contributed by atoms with Gasteiger partial charge in [0.05, 0.1) is 30.9 Å². The molecular weight excluding hydrogens is 456 g/mol. The molecule has 200 valence electrons. The van der Waals surface area contributed by atoms with Gasteiger partial charge in [0.1, 0.15) is 23.9 Å². The Kier molecular flexibility index (Phi) is 10.4. The first-order valence-corrected chi connectivity index (χ1v) is 13.7. The number of rotatable bonds is 12. The largest absolute Gasteiger partial charge is 0.497 e. The number of hydrogen-bond acceptors (Lipinski definition) is 5. The molecule has 0 spiro atoms. The van der Waals surface area contributed by atoms with Crippen LogP contribution in [0.5, 0.6) is 11.5 Å². The number of unbranched alkanes of at least 4 members (excludes halogenated alkanes) is 4. The molecule has 1 N–H and O–H groups in total.